The second kappa shape index (κ2) is 5.35. The smallest absolute Gasteiger partial charge is 0.407 e. The number of hydrogen-bond donors (Lipinski definition) is 2. The van der Waals surface area contributed by atoms with E-state index in [0.717, 1.165) is 24.9 Å². The summed E-state index contributed by atoms with van der Waals surface area (Å²) in [4.78, 5) is 13.0. The van der Waals surface area contributed by atoms with Crippen LogP contribution in [-0.4, -0.2) is 28.2 Å². The molecule has 0 radical (unpaired) electrons. The first-order valence-electron chi connectivity index (χ1n) is 7.18. The zero-order valence-electron chi connectivity index (χ0n) is 12.5. The lowest BCUT2D eigenvalue weighted by molar-refractivity contribution is 0.0943. The molecular formula is C16H24N2O2. The molecule has 3 N–H and O–H groups in total. The Kier molecular flexibility index (Phi) is 3.93. The maximum Gasteiger partial charge on any atom is 0.407 e. The number of carboxylic acid groups (broad SMARTS) is 1. The molecule has 1 atom stereocenters. The first-order chi connectivity index (χ1) is 9.29. The molecule has 0 spiro atoms. The van der Waals surface area contributed by atoms with Crippen molar-refractivity contribution in [1.82, 2.24) is 4.90 Å². The van der Waals surface area contributed by atoms with Crippen molar-refractivity contribution >= 4 is 11.8 Å². The van der Waals surface area contributed by atoms with Gasteiger partial charge in [-0.2, -0.15) is 0 Å². The number of benzene rings is 1. The average molecular weight is 276 g/mol. The fourth-order valence-electron chi connectivity index (χ4n) is 2.98. The minimum atomic E-state index is -0.847. The third-order valence-electron chi connectivity index (χ3n) is 4.05. The van der Waals surface area contributed by atoms with Crippen LogP contribution in [-0.2, 0) is 6.42 Å². The van der Waals surface area contributed by atoms with Crippen LogP contribution in [0.1, 0.15) is 50.7 Å². The minimum absolute atomic E-state index is 0.273. The molecule has 110 valence electrons. The molecule has 1 aliphatic carbocycles. The molecule has 4 nitrogen and oxygen atoms in total. The Morgan fingerprint density at radius 2 is 2.15 bits per heavy atom. The van der Waals surface area contributed by atoms with E-state index in [9.17, 15) is 9.90 Å². The molecule has 0 saturated heterocycles. The van der Waals surface area contributed by atoms with Crippen LogP contribution in [0.5, 0.6) is 0 Å². The third kappa shape index (κ3) is 3.06. The number of nitrogen functional groups attached to an aromatic ring is 1. The fraction of sp³-hybridized carbons (Fsp3) is 0.562. The molecular weight excluding hydrogens is 252 g/mol. The molecule has 0 aliphatic heterocycles. The van der Waals surface area contributed by atoms with Gasteiger partial charge < -0.3 is 15.7 Å². The van der Waals surface area contributed by atoms with E-state index < -0.39 is 6.09 Å². The number of fused-ring (bicyclic) bond motifs is 1. The summed E-state index contributed by atoms with van der Waals surface area (Å²) in [7, 11) is 0. The van der Waals surface area contributed by atoms with Crippen LogP contribution in [0.2, 0.25) is 0 Å². The summed E-state index contributed by atoms with van der Waals surface area (Å²) in [5.74, 6) is 0.273. The second-order valence-corrected chi connectivity index (χ2v) is 6.61. The molecule has 20 heavy (non-hydrogen) atoms. The molecule has 1 aromatic rings. The first kappa shape index (κ1) is 14.7. The molecule has 0 heterocycles. The molecule has 0 fully saturated rings. The van der Waals surface area contributed by atoms with Crippen LogP contribution in [0.15, 0.2) is 18.2 Å². The van der Waals surface area contributed by atoms with E-state index in [0.29, 0.717) is 6.54 Å². The number of anilines is 1. The Morgan fingerprint density at radius 3 is 2.75 bits per heavy atom. The summed E-state index contributed by atoms with van der Waals surface area (Å²) in [6, 6.07) is 6.01. The van der Waals surface area contributed by atoms with Crippen LogP contribution < -0.4 is 5.73 Å². The van der Waals surface area contributed by atoms with Gasteiger partial charge in [-0.25, -0.2) is 4.79 Å². The van der Waals surface area contributed by atoms with Crippen LogP contribution in [0.4, 0.5) is 10.5 Å². The number of nitrogens with zero attached hydrogens (tertiary/aromatic N) is 1. The standard InChI is InChI=1S/C16H24N2O2/c1-16(2,3)18(15(19)20)10-12-6-4-5-11-9-13(17)7-8-14(11)12/h7-9,12H,4-6,10,17H2,1-3H3,(H,19,20). The maximum absolute atomic E-state index is 11.5. The fourth-order valence-corrected chi connectivity index (χ4v) is 2.98. The summed E-state index contributed by atoms with van der Waals surface area (Å²) in [5, 5.41) is 9.44. The predicted octanol–water partition coefficient (Wildman–Crippen LogP) is 3.47. The number of rotatable bonds is 2. The Hall–Kier alpha value is -1.71. The van der Waals surface area contributed by atoms with E-state index in [2.05, 4.69) is 6.07 Å². The number of amides is 1. The Morgan fingerprint density at radius 1 is 1.45 bits per heavy atom. The van der Waals surface area contributed by atoms with E-state index in [1.165, 1.54) is 11.1 Å². The summed E-state index contributed by atoms with van der Waals surface area (Å²) < 4.78 is 0. The number of aryl methyl sites for hydroxylation is 1. The Labute approximate surface area is 120 Å². The van der Waals surface area contributed by atoms with E-state index in [1.54, 1.807) is 4.90 Å². The van der Waals surface area contributed by atoms with Gasteiger partial charge in [0.15, 0.2) is 0 Å². The lowest BCUT2D eigenvalue weighted by Crippen LogP contribution is -2.47. The van der Waals surface area contributed by atoms with Crippen LogP contribution >= 0.6 is 0 Å². The summed E-state index contributed by atoms with van der Waals surface area (Å²) in [5.41, 5.74) is 8.79. The highest BCUT2D eigenvalue weighted by molar-refractivity contribution is 5.66. The van der Waals surface area contributed by atoms with Gasteiger partial charge in [0.25, 0.3) is 0 Å². The van der Waals surface area contributed by atoms with Gasteiger partial charge in [0.1, 0.15) is 0 Å². The Bertz CT molecular complexity index is 506. The lowest BCUT2D eigenvalue weighted by atomic mass is 9.82. The zero-order chi connectivity index (χ0) is 14.9. The van der Waals surface area contributed by atoms with Crippen molar-refractivity contribution in [3.05, 3.63) is 29.3 Å². The van der Waals surface area contributed by atoms with Crippen molar-refractivity contribution in [2.24, 2.45) is 0 Å². The molecule has 4 heteroatoms. The van der Waals surface area contributed by atoms with Crippen molar-refractivity contribution in [3.63, 3.8) is 0 Å². The van der Waals surface area contributed by atoms with Gasteiger partial charge in [-0.1, -0.05) is 6.07 Å². The summed E-state index contributed by atoms with van der Waals surface area (Å²) >= 11 is 0. The molecule has 1 aromatic carbocycles. The summed E-state index contributed by atoms with van der Waals surface area (Å²) in [6.07, 6.45) is 2.33. The molecule has 0 bridgehead atoms. The van der Waals surface area contributed by atoms with Gasteiger partial charge in [0, 0.05) is 23.7 Å². The largest absolute Gasteiger partial charge is 0.465 e. The quantitative estimate of drug-likeness (QED) is 0.813. The van der Waals surface area contributed by atoms with E-state index in [4.69, 9.17) is 5.73 Å². The van der Waals surface area contributed by atoms with Crippen molar-refractivity contribution < 1.29 is 9.90 Å². The molecule has 1 unspecified atom stereocenters. The number of carbonyl (C=O) groups is 1. The van der Waals surface area contributed by atoms with Gasteiger partial charge >= 0.3 is 6.09 Å². The highest BCUT2D eigenvalue weighted by Gasteiger charge is 2.31. The van der Waals surface area contributed by atoms with E-state index in [-0.39, 0.29) is 11.5 Å². The van der Waals surface area contributed by atoms with Crippen molar-refractivity contribution in [1.29, 1.82) is 0 Å². The van der Waals surface area contributed by atoms with Gasteiger partial charge in [0.2, 0.25) is 0 Å². The SMILES string of the molecule is CC(C)(C)N(CC1CCCc2cc(N)ccc21)C(=O)O. The molecule has 0 saturated carbocycles. The monoisotopic (exact) mass is 276 g/mol. The molecule has 0 aromatic heterocycles. The summed E-state index contributed by atoms with van der Waals surface area (Å²) in [6.45, 7) is 6.37. The van der Waals surface area contributed by atoms with Gasteiger partial charge in [0.05, 0.1) is 0 Å². The third-order valence-corrected chi connectivity index (χ3v) is 4.05. The van der Waals surface area contributed by atoms with Crippen LogP contribution in [0.3, 0.4) is 0 Å². The molecule has 1 aliphatic rings. The molecule has 1 amide bonds. The van der Waals surface area contributed by atoms with Crippen LogP contribution in [0, 0.1) is 0 Å². The average Bonchev–Trinajstić information content (AvgIpc) is 2.33. The topological polar surface area (TPSA) is 66.6 Å². The van der Waals surface area contributed by atoms with E-state index in [1.807, 2.05) is 32.9 Å². The highest BCUT2D eigenvalue weighted by Crippen LogP contribution is 2.34. The van der Waals surface area contributed by atoms with Gasteiger partial charge in [-0.3, -0.25) is 0 Å². The first-order valence-corrected chi connectivity index (χ1v) is 7.18. The van der Waals surface area contributed by atoms with Crippen LogP contribution in [0.25, 0.3) is 0 Å². The minimum Gasteiger partial charge on any atom is -0.465 e. The lowest BCUT2D eigenvalue weighted by Gasteiger charge is -2.37. The zero-order valence-corrected chi connectivity index (χ0v) is 12.5. The van der Waals surface area contributed by atoms with Crippen molar-refractivity contribution in [3.8, 4) is 0 Å². The van der Waals surface area contributed by atoms with Crippen molar-refractivity contribution in [2.75, 3.05) is 12.3 Å². The van der Waals surface area contributed by atoms with Crippen molar-refractivity contribution in [2.45, 2.75) is 51.5 Å². The highest BCUT2D eigenvalue weighted by atomic mass is 16.4. The van der Waals surface area contributed by atoms with Gasteiger partial charge in [-0.05, 0) is 63.3 Å². The predicted molar refractivity (Wildman–Crippen MR) is 81.0 cm³/mol. The van der Waals surface area contributed by atoms with Gasteiger partial charge in [-0.15, -0.1) is 0 Å². The maximum atomic E-state index is 11.5. The normalized spacial score (nSPS) is 18.4. The number of nitrogens with two attached hydrogens (primary N) is 1. The second-order valence-electron chi connectivity index (χ2n) is 6.61. The molecule has 2 rings (SSSR count). The Balaban J connectivity index is 2.25. The van der Waals surface area contributed by atoms with E-state index >= 15 is 0 Å². The number of hydrogen-bond acceptors (Lipinski definition) is 2.